The molecule has 0 radical (unpaired) electrons. The standard InChI is InChI=1S/C22H24FNO/c23-22-10-9-17(15-25)11-21(22)18-12-19-7-4-8-20(13-18)24(19)14-16-5-2-1-3-6-16/h1-3,5-6,9-12,19-20,25H,4,7-8,13-15H2. The lowest BCUT2D eigenvalue weighted by molar-refractivity contribution is 0.0950. The van der Waals surface area contributed by atoms with Crippen molar-refractivity contribution in [2.24, 2.45) is 0 Å². The first-order valence-corrected chi connectivity index (χ1v) is 9.14. The smallest absolute Gasteiger partial charge is 0.130 e. The minimum Gasteiger partial charge on any atom is -0.392 e. The Hall–Kier alpha value is -1.97. The SMILES string of the molecule is OCc1ccc(F)c(C2=CC3CCCC(C2)N3Cc2ccccc2)c1. The van der Waals surface area contributed by atoms with Crippen LogP contribution in [-0.2, 0) is 13.2 Å². The van der Waals surface area contributed by atoms with E-state index in [9.17, 15) is 9.50 Å². The second kappa shape index (κ2) is 7.11. The second-order valence-corrected chi connectivity index (χ2v) is 7.18. The van der Waals surface area contributed by atoms with E-state index in [-0.39, 0.29) is 12.4 Å². The molecule has 1 saturated heterocycles. The first-order valence-electron chi connectivity index (χ1n) is 9.14. The van der Waals surface area contributed by atoms with Gasteiger partial charge in [-0.2, -0.15) is 0 Å². The zero-order chi connectivity index (χ0) is 17.2. The Labute approximate surface area is 148 Å². The van der Waals surface area contributed by atoms with Gasteiger partial charge < -0.3 is 5.11 Å². The Morgan fingerprint density at radius 1 is 1.04 bits per heavy atom. The van der Waals surface area contributed by atoms with Crippen LogP contribution in [0.3, 0.4) is 0 Å². The number of rotatable bonds is 4. The molecule has 2 atom stereocenters. The molecule has 2 heterocycles. The van der Waals surface area contributed by atoms with Crippen LogP contribution in [0.5, 0.6) is 0 Å². The summed E-state index contributed by atoms with van der Waals surface area (Å²) in [4.78, 5) is 2.58. The molecule has 0 amide bonds. The predicted octanol–water partition coefficient (Wildman–Crippen LogP) is 4.53. The number of aliphatic hydroxyl groups excluding tert-OH is 1. The molecule has 2 aromatic carbocycles. The normalized spacial score (nSPS) is 23.4. The third-order valence-corrected chi connectivity index (χ3v) is 5.55. The van der Waals surface area contributed by atoms with Crippen LogP contribution in [0, 0.1) is 5.82 Å². The summed E-state index contributed by atoms with van der Waals surface area (Å²) in [5.41, 5.74) is 3.88. The lowest BCUT2D eigenvalue weighted by atomic mass is 9.82. The largest absolute Gasteiger partial charge is 0.392 e. The van der Waals surface area contributed by atoms with Crippen molar-refractivity contribution in [1.82, 2.24) is 4.90 Å². The summed E-state index contributed by atoms with van der Waals surface area (Å²) in [7, 11) is 0. The number of benzene rings is 2. The summed E-state index contributed by atoms with van der Waals surface area (Å²) in [6.45, 7) is 0.909. The van der Waals surface area contributed by atoms with Crippen LogP contribution < -0.4 is 0 Å². The van der Waals surface area contributed by atoms with E-state index in [2.05, 4.69) is 41.3 Å². The van der Waals surface area contributed by atoms with Gasteiger partial charge in [-0.05, 0) is 48.1 Å². The molecule has 1 N–H and O–H groups in total. The molecule has 4 rings (SSSR count). The summed E-state index contributed by atoms with van der Waals surface area (Å²) in [5.74, 6) is -0.182. The van der Waals surface area contributed by atoms with Gasteiger partial charge in [-0.3, -0.25) is 4.90 Å². The topological polar surface area (TPSA) is 23.5 Å². The molecule has 25 heavy (non-hydrogen) atoms. The second-order valence-electron chi connectivity index (χ2n) is 7.18. The molecule has 3 heteroatoms. The molecule has 2 bridgehead atoms. The number of aliphatic hydroxyl groups is 1. The molecule has 0 spiro atoms. The van der Waals surface area contributed by atoms with Gasteiger partial charge in [0.15, 0.2) is 0 Å². The number of hydrogen-bond donors (Lipinski definition) is 1. The number of nitrogens with zero attached hydrogens (tertiary/aromatic N) is 1. The minimum atomic E-state index is -0.182. The van der Waals surface area contributed by atoms with Gasteiger partial charge in [0.2, 0.25) is 0 Å². The van der Waals surface area contributed by atoms with Crippen LogP contribution in [0.1, 0.15) is 42.4 Å². The van der Waals surface area contributed by atoms with E-state index in [1.54, 1.807) is 6.07 Å². The quantitative estimate of drug-likeness (QED) is 0.886. The van der Waals surface area contributed by atoms with Gasteiger partial charge in [0.1, 0.15) is 5.82 Å². The molecule has 2 aliphatic rings. The van der Waals surface area contributed by atoms with Crippen LogP contribution in [-0.4, -0.2) is 22.1 Å². The fourth-order valence-electron chi connectivity index (χ4n) is 4.27. The van der Waals surface area contributed by atoms with Crippen molar-refractivity contribution in [2.45, 2.75) is 50.9 Å². The number of hydrogen-bond acceptors (Lipinski definition) is 2. The third kappa shape index (κ3) is 3.39. The maximum absolute atomic E-state index is 14.4. The fraction of sp³-hybridized carbons (Fsp3) is 0.364. The molecular formula is C22H24FNO. The molecule has 130 valence electrons. The number of halogens is 1. The Balaban J connectivity index is 1.63. The van der Waals surface area contributed by atoms with E-state index < -0.39 is 0 Å². The maximum atomic E-state index is 14.4. The highest BCUT2D eigenvalue weighted by molar-refractivity contribution is 5.68. The third-order valence-electron chi connectivity index (χ3n) is 5.55. The highest BCUT2D eigenvalue weighted by Crippen LogP contribution is 2.38. The van der Waals surface area contributed by atoms with E-state index in [1.807, 2.05) is 6.07 Å². The summed E-state index contributed by atoms with van der Waals surface area (Å²) in [6, 6.07) is 16.4. The Bertz CT molecular complexity index is 771. The molecule has 0 aromatic heterocycles. The van der Waals surface area contributed by atoms with Gasteiger partial charge >= 0.3 is 0 Å². The molecular weight excluding hydrogens is 313 g/mol. The van der Waals surface area contributed by atoms with Gasteiger partial charge in [0.05, 0.1) is 6.61 Å². The average Bonchev–Trinajstić information content (AvgIpc) is 2.63. The van der Waals surface area contributed by atoms with Crippen LogP contribution in [0.25, 0.3) is 5.57 Å². The number of piperidine rings is 1. The molecule has 2 aromatic rings. The van der Waals surface area contributed by atoms with Gasteiger partial charge in [-0.15, -0.1) is 0 Å². The van der Waals surface area contributed by atoms with Crippen molar-refractivity contribution in [2.75, 3.05) is 0 Å². The average molecular weight is 337 g/mol. The van der Waals surface area contributed by atoms with Crippen molar-refractivity contribution in [3.63, 3.8) is 0 Å². The monoisotopic (exact) mass is 337 g/mol. The zero-order valence-corrected chi connectivity index (χ0v) is 14.4. The van der Waals surface area contributed by atoms with Crippen LogP contribution >= 0.6 is 0 Å². The summed E-state index contributed by atoms with van der Waals surface area (Å²) in [6.07, 6.45) is 6.69. The summed E-state index contributed by atoms with van der Waals surface area (Å²) < 4.78 is 14.4. The van der Waals surface area contributed by atoms with Crippen molar-refractivity contribution in [3.8, 4) is 0 Å². The van der Waals surface area contributed by atoms with E-state index in [1.165, 1.54) is 24.5 Å². The molecule has 2 nitrogen and oxygen atoms in total. The fourth-order valence-corrected chi connectivity index (χ4v) is 4.27. The Morgan fingerprint density at radius 3 is 2.64 bits per heavy atom. The first kappa shape index (κ1) is 16.5. The molecule has 2 aliphatic heterocycles. The van der Waals surface area contributed by atoms with Crippen LogP contribution in [0.4, 0.5) is 4.39 Å². The highest BCUT2D eigenvalue weighted by atomic mass is 19.1. The van der Waals surface area contributed by atoms with Crippen molar-refractivity contribution in [1.29, 1.82) is 0 Å². The van der Waals surface area contributed by atoms with Crippen molar-refractivity contribution < 1.29 is 9.50 Å². The minimum absolute atomic E-state index is 0.0481. The van der Waals surface area contributed by atoms with Gasteiger partial charge in [-0.25, -0.2) is 4.39 Å². The van der Waals surface area contributed by atoms with E-state index >= 15 is 0 Å². The van der Waals surface area contributed by atoms with Crippen LogP contribution in [0.15, 0.2) is 54.6 Å². The Morgan fingerprint density at radius 2 is 1.88 bits per heavy atom. The Kier molecular flexibility index (Phi) is 4.69. The molecule has 0 aliphatic carbocycles. The highest BCUT2D eigenvalue weighted by Gasteiger charge is 2.34. The van der Waals surface area contributed by atoms with Gasteiger partial charge in [0.25, 0.3) is 0 Å². The van der Waals surface area contributed by atoms with E-state index in [0.29, 0.717) is 17.6 Å². The number of fused-ring (bicyclic) bond motifs is 2. The molecule has 0 saturated carbocycles. The van der Waals surface area contributed by atoms with Crippen LogP contribution in [0.2, 0.25) is 0 Å². The summed E-state index contributed by atoms with van der Waals surface area (Å²) in [5, 5.41) is 9.37. The lowest BCUT2D eigenvalue weighted by Gasteiger charge is -2.45. The molecule has 2 unspecified atom stereocenters. The zero-order valence-electron chi connectivity index (χ0n) is 14.4. The van der Waals surface area contributed by atoms with Gasteiger partial charge in [-0.1, -0.05) is 48.9 Å². The predicted molar refractivity (Wildman–Crippen MR) is 98.3 cm³/mol. The van der Waals surface area contributed by atoms with Crippen molar-refractivity contribution in [3.05, 3.63) is 77.1 Å². The molecule has 1 fully saturated rings. The summed E-state index contributed by atoms with van der Waals surface area (Å²) >= 11 is 0. The van der Waals surface area contributed by atoms with Gasteiger partial charge in [0, 0.05) is 24.2 Å². The van der Waals surface area contributed by atoms with E-state index in [0.717, 1.165) is 30.5 Å². The van der Waals surface area contributed by atoms with E-state index in [4.69, 9.17) is 0 Å². The maximum Gasteiger partial charge on any atom is 0.130 e. The first-order chi connectivity index (χ1) is 12.2. The lowest BCUT2D eigenvalue weighted by Crippen LogP contribution is -2.47. The van der Waals surface area contributed by atoms with Crippen molar-refractivity contribution >= 4 is 5.57 Å².